The van der Waals surface area contributed by atoms with Gasteiger partial charge in [0.15, 0.2) is 5.13 Å². The van der Waals surface area contributed by atoms with Crippen LogP contribution in [0.5, 0.6) is 0 Å². The SMILES string of the molecule is Nc1nc(C2CC2)c(Cc2c(Br)cccc2Br)s1. The van der Waals surface area contributed by atoms with Crippen molar-refractivity contribution < 1.29 is 0 Å². The minimum Gasteiger partial charge on any atom is -0.375 e. The second-order valence-corrected chi connectivity index (χ2v) is 7.34. The van der Waals surface area contributed by atoms with Gasteiger partial charge in [0.2, 0.25) is 0 Å². The number of anilines is 1. The van der Waals surface area contributed by atoms with Crippen molar-refractivity contribution in [3.05, 3.63) is 43.3 Å². The maximum absolute atomic E-state index is 5.86. The fraction of sp³-hybridized carbons (Fsp3) is 0.308. The molecule has 5 heteroatoms. The summed E-state index contributed by atoms with van der Waals surface area (Å²) in [4.78, 5) is 5.80. The largest absolute Gasteiger partial charge is 0.375 e. The summed E-state index contributed by atoms with van der Waals surface area (Å²) in [5.41, 5.74) is 8.35. The molecule has 2 N–H and O–H groups in total. The molecule has 1 heterocycles. The number of nitrogens with two attached hydrogens (primary N) is 1. The minimum atomic E-state index is 0.648. The van der Waals surface area contributed by atoms with Crippen LogP contribution in [0.25, 0.3) is 0 Å². The predicted molar refractivity (Wildman–Crippen MR) is 83.1 cm³/mol. The molecule has 1 aliphatic rings. The molecule has 2 nitrogen and oxygen atoms in total. The number of hydrogen-bond acceptors (Lipinski definition) is 3. The molecular weight excluding hydrogens is 376 g/mol. The van der Waals surface area contributed by atoms with Crippen molar-refractivity contribution in [1.29, 1.82) is 0 Å². The van der Waals surface area contributed by atoms with Gasteiger partial charge >= 0.3 is 0 Å². The zero-order valence-corrected chi connectivity index (χ0v) is 13.6. The molecule has 0 atom stereocenters. The number of benzene rings is 1. The molecule has 1 aromatic heterocycles. The van der Waals surface area contributed by atoms with Gasteiger partial charge in [-0.1, -0.05) is 37.9 Å². The van der Waals surface area contributed by atoms with E-state index in [4.69, 9.17) is 5.73 Å². The van der Waals surface area contributed by atoms with Crippen molar-refractivity contribution in [2.45, 2.75) is 25.2 Å². The topological polar surface area (TPSA) is 38.9 Å². The van der Waals surface area contributed by atoms with Crippen LogP contribution in [0.4, 0.5) is 5.13 Å². The maximum Gasteiger partial charge on any atom is 0.180 e. The molecule has 1 aliphatic carbocycles. The Labute approximate surface area is 127 Å². The summed E-state index contributed by atoms with van der Waals surface area (Å²) < 4.78 is 2.26. The summed E-state index contributed by atoms with van der Waals surface area (Å²) in [7, 11) is 0. The molecule has 2 aromatic rings. The molecule has 0 bridgehead atoms. The van der Waals surface area contributed by atoms with Crippen molar-refractivity contribution in [3.8, 4) is 0 Å². The molecule has 0 saturated heterocycles. The Morgan fingerprint density at radius 3 is 2.56 bits per heavy atom. The van der Waals surface area contributed by atoms with E-state index in [1.807, 2.05) is 6.07 Å². The Bertz CT molecular complexity index is 570. The molecule has 0 radical (unpaired) electrons. The fourth-order valence-electron chi connectivity index (χ4n) is 2.05. The van der Waals surface area contributed by atoms with Crippen LogP contribution in [0.3, 0.4) is 0 Å². The smallest absolute Gasteiger partial charge is 0.180 e. The van der Waals surface area contributed by atoms with E-state index in [1.165, 1.54) is 29.0 Å². The average molecular weight is 388 g/mol. The third kappa shape index (κ3) is 2.49. The average Bonchev–Trinajstić information content (AvgIpc) is 3.09. The van der Waals surface area contributed by atoms with E-state index in [0.717, 1.165) is 15.4 Å². The van der Waals surface area contributed by atoms with Gasteiger partial charge in [-0.3, -0.25) is 0 Å². The Kier molecular flexibility index (Phi) is 3.47. The zero-order chi connectivity index (χ0) is 12.7. The van der Waals surface area contributed by atoms with Gasteiger partial charge in [-0.2, -0.15) is 0 Å². The number of nitrogens with zero attached hydrogens (tertiary/aromatic N) is 1. The van der Waals surface area contributed by atoms with Crippen LogP contribution in [0.1, 0.15) is 34.9 Å². The number of halogens is 2. The predicted octanol–water partition coefficient (Wildman–Crippen LogP) is 4.72. The lowest BCUT2D eigenvalue weighted by Gasteiger charge is -2.07. The number of hydrogen-bond donors (Lipinski definition) is 1. The van der Waals surface area contributed by atoms with E-state index in [1.54, 1.807) is 11.3 Å². The Hall–Kier alpha value is -0.390. The van der Waals surface area contributed by atoms with Gasteiger partial charge < -0.3 is 5.73 Å². The molecule has 0 spiro atoms. The van der Waals surface area contributed by atoms with Crippen molar-refractivity contribution in [1.82, 2.24) is 4.98 Å². The molecular formula is C13H12Br2N2S. The van der Waals surface area contributed by atoms with Gasteiger partial charge in [-0.25, -0.2) is 4.98 Å². The molecule has 94 valence electrons. The van der Waals surface area contributed by atoms with Crippen LogP contribution < -0.4 is 5.73 Å². The summed E-state index contributed by atoms with van der Waals surface area (Å²) in [5.74, 6) is 0.648. The van der Waals surface area contributed by atoms with Crippen molar-refractivity contribution in [3.63, 3.8) is 0 Å². The number of nitrogen functional groups attached to an aromatic ring is 1. The minimum absolute atomic E-state index is 0.648. The van der Waals surface area contributed by atoms with Crippen molar-refractivity contribution in [2.75, 3.05) is 5.73 Å². The highest BCUT2D eigenvalue weighted by molar-refractivity contribution is 9.11. The van der Waals surface area contributed by atoms with E-state index < -0.39 is 0 Å². The number of aromatic nitrogens is 1. The van der Waals surface area contributed by atoms with Crippen LogP contribution in [0, 0.1) is 0 Å². The van der Waals surface area contributed by atoms with E-state index >= 15 is 0 Å². The van der Waals surface area contributed by atoms with E-state index in [0.29, 0.717) is 11.0 Å². The lowest BCUT2D eigenvalue weighted by molar-refractivity contribution is 1.01. The highest BCUT2D eigenvalue weighted by atomic mass is 79.9. The van der Waals surface area contributed by atoms with Crippen molar-refractivity contribution in [2.24, 2.45) is 0 Å². The van der Waals surface area contributed by atoms with Crippen LogP contribution in [0.2, 0.25) is 0 Å². The summed E-state index contributed by atoms with van der Waals surface area (Å²) in [5, 5.41) is 0.690. The van der Waals surface area contributed by atoms with Gasteiger partial charge in [-0.05, 0) is 30.5 Å². The molecule has 0 unspecified atom stereocenters. The Balaban J connectivity index is 1.97. The Morgan fingerprint density at radius 2 is 1.94 bits per heavy atom. The molecule has 1 saturated carbocycles. The second-order valence-electron chi connectivity index (χ2n) is 4.51. The van der Waals surface area contributed by atoms with Crippen LogP contribution >= 0.6 is 43.2 Å². The quantitative estimate of drug-likeness (QED) is 0.827. The summed E-state index contributed by atoms with van der Waals surface area (Å²) >= 11 is 8.84. The summed E-state index contributed by atoms with van der Waals surface area (Å²) in [6.45, 7) is 0. The van der Waals surface area contributed by atoms with E-state index in [2.05, 4.69) is 49.0 Å². The summed E-state index contributed by atoms with van der Waals surface area (Å²) in [6, 6.07) is 6.17. The van der Waals surface area contributed by atoms with Crippen LogP contribution in [-0.4, -0.2) is 4.98 Å². The van der Waals surface area contributed by atoms with Gasteiger partial charge in [0, 0.05) is 26.2 Å². The Morgan fingerprint density at radius 1 is 1.28 bits per heavy atom. The highest BCUT2D eigenvalue weighted by Gasteiger charge is 2.29. The zero-order valence-electron chi connectivity index (χ0n) is 9.62. The number of thiazole rings is 1. The highest BCUT2D eigenvalue weighted by Crippen LogP contribution is 2.44. The van der Waals surface area contributed by atoms with Gasteiger partial charge in [0.05, 0.1) is 5.69 Å². The first-order valence-electron chi connectivity index (χ1n) is 5.83. The second kappa shape index (κ2) is 4.94. The number of rotatable bonds is 3. The molecule has 18 heavy (non-hydrogen) atoms. The third-order valence-electron chi connectivity index (χ3n) is 3.11. The molecule has 1 aromatic carbocycles. The van der Waals surface area contributed by atoms with Gasteiger partial charge in [0.25, 0.3) is 0 Å². The monoisotopic (exact) mass is 386 g/mol. The fourth-order valence-corrected chi connectivity index (χ4v) is 4.26. The first kappa shape index (κ1) is 12.6. The molecule has 1 fully saturated rings. The molecule has 0 amide bonds. The first-order valence-corrected chi connectivity index (χ1v) is 8.23. The van der Waals surface area contributed by atoms with Crippen molar-refractivity contribution >= 4 is 48.3 Å². The lowest BCUT2D eigenvalue weighted by Crippen LogP contribution is -1.93. The van der Waals surface area contributed by atoms with Crippen LogP contribution in [0.15, 0.2) is 27.1 Å². The van der Waals surface area contributed by atoms with Crippen LogP contribution in [-0.2, 0) is 6.42 Å². The normalized spacial score (nSPS) is 15.0. The van der Waals surface area contributed by atoms with E-state index in [-0.39, 0.29) is 0 Å². The summed E-state index contributed by atoms with van der Waals surface area (Å²) in [6.07, 6.45) is 3.41. The third-order valence-corrected chi connectivity index (χ3v) is 5.49. The van der Waals surface area contributed by atoms with Gasteiger partial charge in [0.1, 0.15) is 0 Å². The lowest BCUT2D eigenvalue weighted by atomic mass is 10.1. The standard InChI is InChI=1S/C13H12Br2N2S/c14-9-2-1-3-10(15)8(9)6-11-12(7-4-5-7)17-13(16)18-11/h1-3,7H,4-6H2,(H2,16,17). The van der Waals surface area contributed by atoms with Gasteiger partial charge in [-0.15, -0.1) is 11.3 Å². The molecule has 0 aliphatic heterocycles. The van der Waals surface area contributed by atoms with E-state index in [9.17, 15) is 0 Å². The first-order chi connectivity index (χ1) is 8.65. The molecule has 3 rings (SSSR count). The maximum atomic E-state index is 5.86.